The van der Waals surface area contributed by atoms with E-state index in [1.807, 2.05) is 194 Å². The molecule has 10 atom stereocenters. The first-order valence-corrected chi connectivity index (χ1v) is 25.4. The second-order valence-electron chi connectivity index (χ2n) is 17.9. The first-order chi connectivity index (χ1) is 35.8. The average Bonchev–Trinajstić information content (AvgIpc) is 3.41. The molecule has 2 saturated heterocycles. The van der Waals surface area contributed by atoms with Crippen LogP contribution >= 0.6 is 11.8 Å². The van der Waals surface area contributed by atoms with Crippen molar-refractivity contribution in [1.82, 2.24) is 0 Å². The van der Waals surface area contributed by atoms with Crippen LogP contribution in [0, 0.1) is 0 Å². The molecule has 0 radical (unpaired) electrons. The molecule has 7 aromatic carbocycles. The second kappa shape index (κ2) is 26.0. The highest BCUT2D eigenvalue weighted by Crippen LogP contribution is 2.40. The lowest BCUT2D eigenvalue weighted by Gasteiger charge is -2.47. The normalized spacial score (nSPS) is 23.9. The molecule has 13 heteroatoms. The van der Waals surface area contributed by atoms with Crippen molar-refractivity contribution in [1.29, 1.82) is 0 Å². The van der Waals surface area contributed by atoms with Gasteiger partial charge in [0.05, 0.1) is 39.6 Å². The van der Waals surface area contributed by atoms with Crippen LogP contribution in [0.3, 0.4) is 0 Å². The third-order valence-corrected chi connectivity index (χ3v) is 13.6. The number of hydrogen-bond donors (Lipinski definition) is 0. The summed E-state index contributed by atoms with van der Waals surface area (Å²) in [5.41, 5.74) is 3.02. The SMILES string of the molecule is CC(=O)O[C@H]1[C@@H](OC(C)=O)[C@@H](CO[C@H]2O[C@H](COCc3ccccc3)[C@H](OCc3ccccc3)[C@H](OCc3ccccc3)[C@H]2OCc2ccccc2)O[C@@H](Sc2ccccc2)[C@@H]1Oc1ccc2ccccc2c1. The number of benzene rings is 7. The van der Waals surface area contributed by atoms with Crippen molar-refractivity contribution < 1.29 is 57.0 Å². The number of fused-ring (bicyclic) bond motifs is 1. The summed E-state index contributed by atoms with van der Waals surface area (Å²) < 4.78 is 67.1. The predicted molar refractivity (Wildman–Crippen MR) is 276 cm³/mol. The molecule has 0 spiro atoms. The summed E-state index contributed by atoms with van der Waals surface area (Å²) in [5, 5.41) is 1.98. The number of esters is 2. The monoisotopic (exact) mass is 1000 g/mol. The van der Waals surface area contributed by atoms with Gasteiger partial charge in [-0.3, -0.25) is 9.59 Å². The van der Waals surface area contributed by atoms with Crippen LogP contribution in [0.25, 0.3) is 10.8 Å². The summed E-state index contributed by atoms with van der Waals surface area (Å²) in [7, 11) is 0. The van der Waals surface area contributed by atoms with E-state index >= 15 is 0 Å². The van der Waals surface area contributed by atoms with Crippen molar-refractivity contribution in [2.45, 2.75) is 106 Å². The molecule has 0 aliphatic carbocycles. The number of hydrogen-bond acceptors (Lipinski definition) is 13. The Hall–Kier alpha value is -6.39. The molecule has 2 aliphatic rings. The molecular weight excluding hydrogens is 945 g/mol. The van der Waals surface area contributed by atoms with Crippen molar-refractivity contribution in [2.75, 3.05) is 13.2 Å². The van der Waals surface area contributed by atoms with Crippen molar-refractivity contribution in [2.24, 2.45) is 0 Å². The minimum absolute atomic E-state index is 0.110. The van der Waals surface area contributed by atoms with E-state index in [0.717, 1.165) is 37.9 Å². The first kappa shape index (κ1) is 51.5. The summed E-state index contributed by atoms with van der Waals surface area (Å²) in [6.07, 6.45) is -8.56. The molecule has 7 aromatic rings. The maximum absolute atomic E-state index is 13.1. The van der Waals surface area contributed by atoms with Gasteiger partial charge in [0.2, 0.25) is 0 Å². The molecule has 0 amide bonds. The van der Waals surface area contributed by atoms with Crippen LogP contribution in [-0.4, -0.2) is 85.7 Å². The van der Waals surface area contributed by atoms with Gasteiger partial charge in [0.15, 0.2) is 24.6 Å². The van der Waals surface area contributed by atoms with Crippen LogP contribution in [0.4, 0.5) is 0 Å². The molecule has 2 heterocycles. The summed E-state index contributed by atoms with van der Waals surface area (Å²) in [5.74, 6) is -0.696. The van der Waals surface area contributed by atoms with Crippen molar-refractivity contribution >= 4 is 34.5 Å². The zero-order valence-electron chi connectivity index (χ0n) is 40.8. The lowest BCUT2D eigenvalue weighted by Crippen LogP contribution is -2.64. The minimum Gasteiger partial charge on any atom is -0.483 e. The van der Waals surface area contributed by atoms with E-state index in [0.29, 0.717) is 12.4 Å². The molecular formula is C60H60O12S. The van der Waals surface area contributed by atoms with Crippen LogP contribution in [0.1, 0.15) is 36.1 Å². The molecule has 0 unspecified atom stereocenters. The van der Waals surface area contributed by atoms with Crippen LogP contribution in [0.5, 0.6) is 5.75 Å². The molecule has 0 N–H and O–H groups in total. The van der Waals surface area contributed by atoms with Gasteiger partial charge < -0.3 is 47.4 Å². The maximum Gasteiger partial charge on any atom is 0.303 e. The Kier molecular flexibility index (Phi) is 18.4. The Bertz CT molecular complexity index is 2770. The fraction of sp³-hybridized carbons (Fsp3) is 0.300. The number of carbonyl (C=O) groups excluding carboxylic acids is 2. The van der Waals surface area contributed by atoms with Crippen LogP contribution < -0.4 is 4.74 Å². The van der Waals surface area contributed by atoms with Gasteiger partial charge in [-0.1, -0.05) is 182 Å². The van der Waals surface area contributed by atoms with Crippen LogP contribution in [0.15, 0.2) is 199 Å². The highest BCUT2D eigenvalue weighted by Gasteiger charge is 2.54. The average molecular weight is 1010 g/mol. The highest BCUT2D eigenvalue weighted by molar-refractivity contribution is 7.99. The van der Waals surface area contributed by atoms with Crippen molar-refractivity contribution in [3.05, 3.63) is 216 Å². The zero-order chi connectivity index (χ0) is 50.2. The van der Waals surface area contributed by atoms with E-state index in [-0.39, 0.29) is 33.0 Å². The topological polar surface area (TPSA) is 126 Å². The largest absolute Gasteiger partial charge is 0.483 e. The van der Waals surface area contributed by atoms with Gasteiger partial charge >= 0.3 is 11.9 Å². The smallest absolute Gasteiger partial charge is 0.303 e. The Morgan fingerprint density at radius 3 is 1.49 bits per heavy atom. The minimum atomic E-state index is -1.19. The molecule has 9 rings (SSSR count). The predicted octanol–water partition coefficient (Wildman–Crippen LogP) is 10.7. The van der Waals surface area contributed by atoms with Gasteiger partial charge in [-0.2, -0.15) is 0 Å². The Morgan fingerprint density at radius 1 is 0.438 bits per heavy atom. The molecule has 378 valence electrons. The second-order valence-corrected chi connectivity index (χ2v) is 19.0. The molecule has 0 bridgehead atoms. The highest BCUT2D eigenvalue weighted by atomic mass is 32.2. The summed E-state index contributed by atoms with van der Waals surface area (Å²) >= 11 is 1.39. The Morgan fingerprint density at radius 2 is 0.918 bits per heavy atom. The molecule has 2 fully saturated rings. The third-order valence-electron chi connectivity index (χ3n) is 12.4. The van der Waals surface area contributed by atoms with E-state index in [2.05, 4.69) is 0 Å². The summed E-state index contributed by atoms with van der Waals surface area (Å²) in [6, 6.07) is 62.9. The van der Waals surface area contributed by atoms with E-state index in [4.69, 9.17) is 47.4 Å². The number of thioether (sulfide) groups is 1. The Labute approximate surface area is 430 Å². The van der Waals surface area contributed by atoms with E-state index in [1.54, 1.807) is 0 Å². The van der Waals surface area contributed by atoms with Gasteiger partial charge in [0.1, 0.15) is 41.7 Å². The summed E-state index contributed by atoms with van der Waals surface area (Å²) in [4.78, 5) is 27.1. The summed E-state index contributed by atoms with van der Waals surface area (Å²) in [6.45, 7) is 3.51. The van der Waals surface area contributed by atoms with Gasteiger partial charge in [-0.15, -0.1) is 0 Å². The van der Waals surface area contributed by atoms with E-state index in [9.17, 15) is 9.59 Å². The standard InChI is InChI=1S/C60H60O12S/c1-41(61)68-54-52(72-60(73-50-30-16-7-17-31-50)58(56(54)69-42(2)62)70-49-33-32-47-28-18-19-29-48(47)34-49)40-67-59-57(66-38-46-26-14-6-15-27-46)55(65-37-45-24-12-5-13-25-45)53(64-36-44-22-10-4-11-23-44)51(71-59)39-63-35-43-20-8-3-9-21-43/h3-34,51-60H,35-40H2,1-2H3/t51-,52-,53+,54+,55+,56+,57-,58-,59+,60+/m1/s1. The van der Waals surface area contributed by atoms with Crippen LogP contribution in [0.2, 0.25) is 0 Å². The van der Waals surface area contributed by atoms with Crippen molar-refractivity contribution in [3.63, 3.8) is 0 Å². The number of carbonyl (C=O) groups is 2. The number of ether oxygens (including phenoxy) is 10. The molecule has 73 heavy (non-hydrogen) atoms. The van der Waals surface area contributed by atoms with Crippen LogP contribution in [-0.2, 0) is 78.6 Å². The lowest BCUT2D eigenvalue weighted by molar-refractivity contribution is -0.335. The van der Waals surface area contributed by atoms with Gasteiger partial charge in [0, 0.05) is 18.7 Å². The molecule has 2 aliphatic heterocycles. The Balaban J connectivity index is 1.07. The zero-order valence-corrected chi connectivity index (χ0v) is 41.6. The third kappa shape index (κ3) is 14.4. The fourth-order valence-electron chi connectivity index (χ4n) is 8.99. The molecule has 0 saturated carbocycles. The van der Waals surface area contributed by atoms with Gasteiger partial charge in [-0.25, -0.2) is 0 Å². The number of rotatable bonds is 22. The molecule has 12 nitrogen and oxygen atoms in total. The van der Waals surface area contributed by atoms with E-state index < -0.39 is 72.5 Å². The van der Waals surface area contributed by atoms with E-state index in [1.165, 1.54) is 25.6 Å². The van der Waals surface area contributed by atoms with Crippen molar-refractivity contribution in [3.8, 4) is 5.75 Å². The quantitative estimate of drug-likeness (QED) is 0.0599. The fourth-order valence-corrected chi connectivity index (χ4v) is 10.1. The van der Waals surface area contributed by atoms with Gasteiger partial charge in [-0.05, 0) is 57.3 Å². The van der Waals surface area contributed by atoms with Gasteiger partial charge in [0.25, 0.3) is 0 Å². The lowest BCUT2D eigenvalue weighted by atomic mass is 9.97. The molecule has 0 aromatic heterocycles. The first-order valence-electron chi connectivity index (χ1n) is 24.6. The maximum atomic E-state index is 13.1.